The lowest BCUT2D eigenvalue weighted by Crippen LogP contribution is -2.42. The number of carbonyl (C=O) groups excluding carboxylic acids is 3. The molecule has 0 saturated carbocycles. The van der Waals surface area contributed by atoms with Crippen LogP contribution in [-0.4, -0.2) is 35.7 Å². The molecule has 0 aliphatic carbocycles. The molecule has 1 aliphatic rings. The molecular weight excluding hydrogens is 580 g/mol. The van der Waals surface area contributed by atoms with Gasteiger partial charge in [-0.25, -0.2) is 0 Å². The number of amides is 3. The van der Waals surface area contributed by atoms with Gasteiger partial charge in [0.05, 0.1) is 0 Å². The minimum absolute atomic E-state index is 0.180. The smallest absolute Gasteiger partial charge is 0.261 e. The summed E-state index contributed by atoms with van der Waals surface area (Å²) in [7, 11) is 0. The maximum Gasteiger partial charge on any atom is 0.261 e. The molecule has 1 aliphatic heterocycles. The van der Waals surface area contributed by atoms with Gasteiger partial charge in [-0.1, -0.05) is 64.5 Å². The summed E-state index contributed by atoms with van der Waals surface area (Å²) in [5.74, 6) is 0.551. The molecule has 5 aromatic carbocycles. The van der Waals surface area contributed by atoms with E-state index < -0.39 is 0 Å². The van der Waals surface area contributed by atoms with Gasteiger partial charge in [-0.2, -0.15) is 0 Å². The first-order chi connectivity index (χ1) is 20.0. The second kappa shape index (κ2) is 11.4. The fourth-order valence-electron chi connectivity index (χ4n) is 5.11. The first-order valence-electron chi connectivity index (χ1n) is 13.3. The highest BCUT2D eigenvalue weighted by molar-refractivity contribution is 9.10. The van der Waals surface area contributed by atoms with E-state index in [0.717, 1.165) is 15.6 Å². The second-order valence-electron chi connectivity index (χ2n) is 9.70. The molecule has 0 spiro atoms. The molecule has 0 aromatic heterocycles. The third-order valence-electron chi connectivity index (χ3n) is 7.06. The molecular formula is C34H25BrN2O4. The molecule has 1 heterocycles. The van der Waals surface area contributed by atoms with E-state index in [1.165, 1.54) is 4.90 Å². The number of hydrogen-bond acceptors (Lipinski definition) is 4. The van der Waals surface area contributed by atoms with E-state index in [0.29, 0.717) is 46.5 Å². The van der Waals surface area contributed by atoms with E-state index in [9.17, 15) is 14.4 Å². The summed E-state index contributed by atoms with van der Waals surface area (Å²) in [6.07, 6.45) is 0.400. The number of nitrogens with zero attached hydrogens (tertiary/aromatic N) is 2. The van der Waals surface area contributed by atoms with Crippen molar-refractivity contribution in [2.75, 3.05) is 18.0 Å². The summed E-state index contributed by atoms with van der Waals surface area (Å²) < 4.78 is 6.72. The first-order valence-corrected chi connectivity index (χ1v) is 14.1. The standard InChI is InChI=1S/C34H25BrN2O4/c35-25-11-4-10-24(22-25)32(38)36(26-16-18-28(19-17-26)41-27-12-2-1-3-13-27)20-7-21-37-33(39)29-14-5-8-23-9-6-15-30(31(23)29)34(37)40/h1-6,8-19,22H,7,20-21H2. The molecule has 0 N–H and O–H groups in total. The van der Waals surface area contributed by atoms with Gasteiger partial charge in [0.2, 0.25) is 0 Å². The number of carbonyl (C=O) groups is 3. The largest absolute Gasteiger partial charge is 0.457 e. The number of imide groups is 1. The van der Waals surface area contributed by atoms with Gasteiger partial charge < -0.3 is 9.64 Å². The maximum absolute atomic E-state index is 13.7. The van der Waals surface area contributed by atoms with Gasteiger partial charge in [0.15, 0.2) is 0 Å². The SMILES string of the molecule is O=C1c2cccc3cccc(c23)C(=O)N1CCCN(C(=O)c1cccc(Br)c1)c1ccc(Oc2ccccc2)cc1. The molecule has 6 nitrogen and oxygen atoms in total. The van der Waals surface area contributed by atoms with Crippen LogP contribution in [0.1, 0.15) is 37.5 Å². The highest BCUT2D eigenvalue weighted by atomic mass is 79.9. The highest BCUT2D eigenvalue weighted by Gasteiger charge is 2.32. The van der Waals surface area contributed by atoms with Gasteiger partial charge >= 0.3 is 0 Å². The summed E-state index contributed by atoms with van der Waals surface area (Å²) >= 11 is 3.45. The van der Waals surface area contributed by atoms with Crippen LogP contribution in [0.25, 0.3) is 10.8 Å². The topological polar surface area (TPSA) is 66.9 Å². The monoisotopic (exact) mass is 604 g/mol. The van der Waals surface area contributed by atoms with Gasteiger partial charge in [-0.3, -0.25) is 19.3 Å². The highest BCUT2D eigenvalue weighted by Crippen LogP contribution is 2.31. The Hall–Kier alpha value is -4.75. The average molecular weight is 605 g/mol. The van der Waals surface area contributed by atoms with Crippen molar-refractivity contribution in [2.24, 2.45) is 0 Å². The van der Waals surface area contributed by atoms with E-state index in [4.69, 9.17) is 4.74 Å². The Morgan fingerprint density at radius 3 is 2.02 bits per heavy atom. The minimum Gasteiger partial charge on any atom is -0.457 e. The Morgan fingerprint density at radius 1 is 0.732 bits per heavy atom. The fourth-order valence-corrected chi connectivity index (χ4v) is 5.51. The molecule has 0 bridgehead atoms. The van der Waals surface area contributed by atoms with Gasteiger partial charge in [0, 0.05) is 45.3 Å². The molecule has 5 aromatic rings. The van der Waals surface area contributed by atoms with Crippen molar-refractivity contribution in [3.8, 4) is 11.5 Å². The Kier molecular flexibility index (Phi) is 7.35. The molecule has 0 fully saturated rings. The summed E-state index contributed by atoms with van der Waals surface area (Å²) in [6.45, 7) is 0.479. The van der Waals surface area contributed by atoms with Crippen LogP contribution in [-0.2, 0) is 0 Å². The van der Waals surface area contributed by atoms with Crippen molar-refractivity contribution in [2.45, 2.75) is 6.42 Å². The third kappa shape index (κ3) is 5.36. The van der Waals surface area contributed by atoms with Crippen molar-refractivity contribution in [1.82, 2.24) is 4.90 Å². The van der Waals surface area contributed by atoms with Gasteiger partial charge in [0.1, 0.15) is 11.5 Å². The van der Waals surface area contributed by atoms with Crippen molar-refractivity contribution >= 4 is 50.1 Å². The molecule has 6 rings (SSSR count). The zero-order valence-corrected chi connectivity index (χ0v) is 23.6. The lowest BCUT2D eigenvalue weighted by Gasteiger charge is -2.29. The third-order valence-corrected chi connectivity index (χ3v) is 7.56. The molecule has 0 unspecified atom stereocenters. The van der Waals surface area contributed by atoms with E-state index >= 15 is 0 Å². The van der Waals surface area contributed by atoms with Crippen molar-refractivity contribution < 1.29 is 19.1 Å². The number of halogens is 1. The van der Waals surface area contributed by atoms with Crippen LogP contribution in [0.2, 0.25) is 0 Å². The Labute approximate surface area is 245 Å². The van der Waals surface area contributed by atoms with Crippen molar-refractivity contribution in [1.29, 1.82) is 0 Å². The van der Waals surface area contributed by atoms with Crippen LogP contribution in [0, 0.1) is 0 Å². The zero-order chi connectivity index (χ0) is 28.3. The Balaban J connectivity index is 1.23. The fraction of sp³-hybridized carbons (Fsp3) is 0.0882. The van der Waals surface area contributed by atoms with E-state index in [2.05, 4.69) is 15.9 Å². The second-order valence-corrected chi connectivity index (χ2v) is 10.6. The average Bonchev–Trinajstić information content (AvgIpc) is 3.00. The summed E-state index contributed by atoms with van der Waals surface area (Å²) in [5, 5.41) is 1.57. The van der Waals surface area contributed by atoms with Gasteiger partial charge in [0.25, 0.3) is 17.7 Å². The van der Waals surface area contributed by atoms with Gasteiger partial charge in [-0.15, -0.1) is 0 Å². The summed E-state index contributed by atoms with van der Waals surface area (Å²) in [4.78, 5) is 43.3. The molecule has 3 amide bonds. The molecule has 0 radical (unpaired) electrons. The maximum atomic E-state index is 13.7. The summed E-state index contributed by atoms with van der Waals surface area (Å²) in [6, 6.07) is 35.0. The molecule has 0 saturated heterocycles. The van der Waals surface area contributed by atoms with Crippen LogP contribution in [0.4, 0.5) is 5.69 Å². The molecule has 41 heavy (non-hydrogen) atoms. The minimum atomic E-state index is -0.313. The predicted octanol–water partition coefficient (Wildman–Crippen LogP) is 7.73. The molecule has 0 atom stereocenters. The zero-order valence-electron chi connectivity index (χ0n) is 22.0. The Morgan fingerprint density at radius 2 is 1.37 bits per heavy atom. The number of ether oxygens (including phenoxy) is 1. The predicted molar refractivity (Wildman–Crippen MR) is 163 cm³/mol. The van der Waals surface area contributed by atoms with Crippen LogP contribution in [0.15, 0.2) is 120 Å². The van der Waals surface area contributed by atoms with E-state index in [1.54, 1.807) is 29.2 Å². The number of anilines is 1. The first kappa shape index (κ1) is 26.5. The Bertz CT molecular complexity index is 1720. The van der Waals surface area contributed by atoms with Crippen molar-refractivity contribution in [3.63, 3.8) is 0 Å². The van der Waals surface area contributed by atoms with Crippen LogP contribution in [0.5, 0.6) is 11.5 Å². The number of para-hydroxylation sites is 1. The number of hydrogen-bond donors (Lipinski definition) is 0. The van der Waals surface area contributed by atoms with Crippen molar-refractivity contribution in [3.05, 3.63) is 136 Å². The number of benzene rings is 5. The quantitative estimate of drug-likeness (QED) is 0.170. The van der Waals surface area contributed by atoms with E-state index in [1.807, 2.05) is 91.0 Å². The number of rotatable bonds is 8. The van der Waals surface area contributed by atoms with Crippen LogP contribution >= 0.6 is 15.9 Å². The summed E-state index contributed by atoms with van der Waals surface area (Å²) in [5.41, 5.74) is 2.25. The van der Waals surface area contributed by atoms with Gasteiger partial charge in [-0.05, 0) is 78.5 Å². The lowest BCUT2D eigenvalue weighted by molar-refractivity contribution is 0.0610. The lowest BCUT2D eigenvalue weighted by atomic mass is 9.94. The molecule has 202 valence electrons. The normalized spacial score (nSPS) is 12.5. The van der Waals surface area contributed by atoms with Crippen LogP contribution in [0.3, 0.4) is 0 Å². The molecule has 7 heteroatoms. The van der Waals surface area contributed by atoms with E-state index in [-0.39, 0.29) is 24.3 Å². The van der Waals surface area contributed by atoms with Crippen LogP contribution < -0.4 is 9.64 Å².